The van der Waals surface area contributed by atoms with Gasteiger partial charge in [-0.05, 0) is 47.5 Å². The largest absolute Gasteiger partial charge is 0.478 e. The van der Waals surface area contributed by atoms with E-state index >= 15 is 0 Å². The van der Waals surface area contributed by atoms with Gasteiger partial charge < -0.3 is 5.11 Å². The fraction of sp³-hybridized carbons (Fsp3) is 0.261. The first-order valence-corrected chi connectivity index (χ1v) is 8.40. The van der Waals surface area contributed by atoms with Crippen LogP contribution in [-0.4, -0.2) is 11.1 Å². The quantitative estimate of drug-likeness (QED) is 0.596. The Labute approximate surface area is 149 Å². The zero-order valence-electron chi connectivity index (χ0n) is 15.1. The standard InChI is InChI=1S/C23H22O2/c1-22(2)13-14-23(3,4)20-15-17(9-12-19(20)22)6-5-16-7-10-18(11-8-16)21(24)25/h7-15H,1-4H3,(H,24,25). The van der Waals surface area contributed by atoms with Crippen LogP contribution in [-0.2, 0) is 10.8 Å². The van der Waals surface area contributed by atoms with Gasteiger partial charge in [-0.3, -0.25) is 0 Å². The second-order valence-corrected chi connectivity index (χ2v) is 7.67. The van der Waals surface area contributed by atoms with E-state index in [1.54, 1.807) is 24.3 Å². The van der Waals surface area contributed by atoms with Crippen molar-refractivity contribution in [2.45, 2.75) is 38.5 Å². The molecular weight excluding hydrogens is 308 g/mol. The van der Waals surface area contributed by atoms with E-state index in [1.807, 2.05) is 0 Å². The van der Waals surface area contributed by atoms with Crippen LogP contribution in [0.2, 0.25) is 0 Å². The van der Waals surface area contributed by atoms with E-state index in [2.05, 4.69) is 69.9 Å². The van der Waals surface area contributed by atoms with Gasteiger partial charge in [0.15, 0.2) is 0 Å². The molecule has 25 heavy (non-hydrogen) atoms. The average molecular weight is 330 g/mol. The summed E-state index contributed by atoms with van der Waals surface area (Å²) in [5.74, 6) is 5.40. The first-order chi connectivity index (χ1) is 11.7. The van der Waals surface area contributed by atoms with E-state index in [-0.39, 0.29) is 16.4 Å². The minimum Gasteiger partial charge on any atom is -0.478 e. The first-order valence-electron chi connectivity index (χ1n) is 8.40. The van der Waals surface area contributed by atoms with Crippen LogP contribution in [0, 0.1) is 11.8 Å². The summed E-state index contributed by atoms with van der Waals surface area (Å²) < 4.78 is 0. The first kappa shape index (κ1) is 17.0. The molecule has 2 aromatic rings. The zero-order valence-corrected chi connectivity index (χ0v) is 15.1. The third-order valence-corrected chi connectivity index (χ3v) is 4.81. The molecule has 1 aliphatic carbocycles. The summed E-state index contributed by atoms with van der Waals surface area (Å²) in [4.78, 5) is 10.9. The molecule has 0 spiro atoms. The van der Waals surface area contributed by atoms with Crippen molar-refractivity contribution in [1.29, 1.82) is 0 Å². The predicted molar refractivity (Wildman–Crippen MR) is 101 cm³/mol. The summed E-state index contributed by atoms with van der Waals surface area (Å²) in [6, 6.07) is 13.1. The van der Waals surface area contributed by atoms with Gasteiger partial charge in [-0.15, -0.1) is 0 Å². The molecule has 0 unspecified atom stereocenters. The highest BCUT2D eigenvalue weighted by Gasteiger charge is 2.32. The van der Waals surface area contributed by atoms with E-state index in [0.29, 0.717) is 0 Å². The van der Waals surface area contributed by atoms with Crippen molar-refractivity contribution < 1.29 is 9.90 Å². The normalized spacial score (nSPS) is 16.5. The Hall–Kier alpha value is -2.79. The highest BCUT2D eigenvalue weighted by Crippen LogP contribution is 2.41. The maximum Gasteiger partial charge on any atom is 0.335 e. The van der Waals surface area contributed by atoms with Crippen LogP contribution in [0.3, 0.4) is 0 Å². The van der Waals surface area contributed by atoms with Crippen LogP contribution >= 0.6 is 0 Å². The molecule has 0 amide bonds. The number of carboxylic acids is 1. The number of benzene rings is 2. The van der Waals surface area contributed by atoms with Crippen molar-refractivity contribution in [2.24, 2.45) is 0 Å². The Bertz CT molecular complexity index is 917. The average Bonchev–Trinajstić information content (AvgIpc) is 2.57. The SMILES string of the molecule is CC1(C)C=CC(C)(C)c2cc(C#Cc3ccc(C(=O)O)cc3)ccc21. The smallest absolute Gasteiger partial charge is 0.335 e. The highest BCUT2D eigenvalue weighted by molar-refractivity contribution is 5.87. The number of aromatic carboxylic acids is 1. The molecule has 0 aliphatic heterocycles. The van der Waals surface area contributed by atoms with Gasteiger partial charge >= 0.3 is 5.97 Å². The lowest BCUT2D eigenvalue weighted by molar-refractivity contribution is 0.0697. The van der Waals surface area contributed by atoms with Crippen molar-refractivity contribution in [3.8, 4) is 11.8 Å². The summed E-state index contributed by atoms with van der Waals surface area (Å²) >= 11 is 0. The van der Waals surface area contributed by atoms with E-state index in [1.165, 1.54) is 11.1 Å². The molecule has 0 saturated carbocycles. The molecule has 2 aromatic carbocycles. The summed E-state index contributed by atoms with van der Waals surface area (Å²) in [5.41, 5.74) is 4.73. The summed E-state index contributed by atoms with van der Waals surface area (Å²) in [6.45, 7) is 8.90. The number of carboxylic acid groups (broad SMARTS) is 1. The molecule has 2 nitrogen and oxygen atoms in total. The molecule has 126 valence electrons. The second kappa shape index (κ2) is 5.93. The zero-order chi connectivity index (χ0) is 18.2. The summed E-state index contributed by atoms with van der Waals surface area (Å²) in [7, 11) is 0. The molecule has 0 aromatic heterocycles. The highest BCUT2D eigenvalue weighted by atomic mass is 16.4. The van der Waals surface area contributed by atoms with Gasteiger partial charge in [0.05, 0.1) is 5.56 Å². The van der Waals surface area contributed by atoms with E-state index in [9.17, 15) is 4.79 Å². The van der Waals surface area contributed by atoms with Gasteiger partial charge in [-0.1, -0.05) is 57.8 Å². The Morgan fingerprint density at radius 1 is 0.800 bits per heavy atom. The molecule has 1 N–H and O–H groups in total. The van der Waals surface area contributed by atoms with Crippen molar-refractivity contribution in [2.75, 3.05) is 0 Å². The molecule has 0 atom stereocenters. The van der Waals surface area contributed by atoms with Crippen LogP contribution in [0.5, 0.6) is 0 Å². The van der Waals surface area contributed by atoms with Crippen molar-refractivity contribution in [3.05, 3.63) is 82.4 Å². The minimum absolute atomic E-state index is 0.00825. The fourth-order valence-corrected chi connectivity index (χ4v) is 3.15. The van der Waals surface area contributed by atoms with Crippen LogP contribution in [0.15, 0.2) is 54.6 Å². The minimum atomic E-state index is -0.924. The lowest BCUT2D eigenvalue weighted by Crippen LogP contribution is -2.29. The molecular formula is C23H22O2. The van der Waals surface area contributed by atoms with Gasteiger partial charge in [-0.25, -0.2) is 4.79 Å². The Morgan fingerprint density at radius 2 is 1.32 bits per heavy atom. The number of hydrogen-bond donors (Lipinski definition) is 1. The Morgan fingerprint density at radius 3 is 1.92 bits per heavy atom. The van der Waals surface area contributed by atoms with Crippen LogP contribution in [0.1, 0.15) is 60.3 Å². The lowest BCUT2D eigenvalue weighted by Gasteiger charge is -2.36. The molecule has 0 fully saturated rings. The van der Waals surface area contributed by atoms with Crippen molar-refractivity contribution in [1.82, 2.24) is 0 Å². The Kier molecular flexibility index (Phi) is 4.05. The maximum absolute atomic E-state index is 10.9. The summed E-state index contributed by atoms with van der Waals surface area (Å²) in [6.07, 6.45) is 4.56. The third-order valence-electron chi connectivity index (χ3n) is 4.81. The van der Waals surface area contributed by atoms with E-state index in [0.717, 1.165) is 11.1 Å². The molecule has 0 radical (unpaired) electrons. The van der Waals surface area contributed by atoms with Crippen LogP contribution in [0.25, 0.3) is 0 Å². The van der Waals surface area contributed by atoms with Crippen LogP contribution in [0.4, 0.5) is 0 Å². The van der Waals surface area contributed by atoms with E-state index in [4.69, 9.17) is 5.11 Å². The molecule has 0 bridgehead atoms. The van der Waals surface area contributed by atoms with Gasteiger partial charge in [0.2, 0.25) is 0 Å². The van der Waals surface area contributed by atoms with Crippen molar-refractivity contribution >= 4 is 5.97 Å². The molecule has 3 rings (SSSR count). The number of hydrogen-bond acceptors (Lipinski definition) is 1. The van der Waals surface area contributed by atoms with Gasteiger partial charge in [-0.2, -0.15) is 0 Å². The number of allylic oxidation sites excluding steroid dienone is 2. The monoisotopic (exact) mass is 330 g/mol. The fourth-order valence-electron chi connectivity index (χ4n) is 3.15. The predicted octanol–water partition coefficient (Wildman–Crippen LogP) is 4.91. The molecule has 2 heteroatoms. The van der Waals surface area contributed by atoms with Crippen molar-refractivity contribution in [3.63, 3.8) is 0 Å². The second-order valence-electron chi connectivity index (χ2n) is 7.67. The summed E-state index contributed by atoms with van der Waals surface area (Å²) in [5, 5.41) is 8.95. The van der Waals surface area contributed by atoms with E-state index < -0.39 is 5.97 Å². The Balaban J connectivity index is 1.95. The number of carbonyl (C=O) groups is 1. The lowest BCUT2D eigenvalue weighted by atomic mass is 9.68. The number of rotatable bonds is 1. The topological polar surface area (TPSA) is 37.3 Å². The number of fused-ring (bicyclic) bond motifs is 1. The van der Waals surface area contributed by atoms with Gasteiger partial charge in [0, 0.05) is 22.0 Å². The molecule has 1 aliphatic rings. The third kappa shape index (κ3) is 3.37. The molecule has 0 heterocycles. The van der Waals surface area contributed by atoms with Gasteiger partial charge in [0.25, 0.3) is 0 Å². The van der Waals surface area contributed by atoms with Gasteiger partial charge in [0.1, 0.15) is 0 Å². The van der Waals surface area contributed by atoms with Crippen LogP contribution < -0.4 is 0 Å². The molecule has 0 saturated heterocycles. The maximum atomic E-state index is 10.9.